The molecule has 0 spiro atoms. The molecule has 1 aromatic carbocycles. The highest BCUT2D eigenvalue weighted by atomic mass is 32.2. The second-order valence-electron chi connectivity index (χ2n) is 15.0. The third-order valence-electron chi connectivity index (χ3n) is 10.2. The maximum atomic E-state index is 14.0. The van der Waals surface area contributed by atoms with Crippen molar-refractivity contribution in [3.63, 3.8) is 0 Å². The number of amides is 1. The van der Waals surface area contributed by atoms with Gasteiger partial charge in [0.1, 0.15) is 17.7 Å². The van der Waals surface area contributed by atoms with Crippen LogP contribution in [0.25, 0.3) is 16.9 Å². The monoisotopic (exact) mass is 782 g/mol. The summed E-state index contributed by atoms with van der Waals surface area (Å²) in [6, 6.07) is 12.5. The van der Waals surface area contributed by atoms with Gasteiger partial charge >= 0.3 is 6.18 Å². The predicted molar refractivity (Wildman–Crippen MR) is 205 cm³/mol. The molecule has 11 nitrogen and oxygen atoms in total. The Morgan fingerprint density at radius 1 is 1.07 bits per heavy atom. The fourth-order valence-corrected chi connectivity index (χ4v) is 8.20. The van der Waals surface area contributed by atoms with Crippen molar-refractivity contribution in [2.24, 2.45) is 5.41 Å². The average molecular weight is 783 g/mol. The quantitative estimate of drug-likeness (QED) is 0.243. The van der Waals surface area contributed by atoms with E-state index in [2.05, 4.69) is 21.7 Å². The van der Waals surface area contributed by atoms with Crippen LogP contribution in [0.15, 0.2) is 84.7 Å². The second kappa shape index (κ2) is 17.0. The van der Waals surface area contributed by atoms with E-state index in [9.17, 15) is 26.4 Å². The van der Waals surface area contributed by atoms with Crippen LogP contribution in [-0.4, -0.2) is 84.4 Å². The van der Waals surface area contributed by atoms with Gasteiger partial charge in [-0.1, -0.05) is 55.8 Å². The summed E-state index contributed by atoms with van der Waals surface area (Å²) in [6.07, 6.45) is 8.38. The Morgan fingerprint density at radius 2 is 1.84 bits per heavy atom. The molecular formula is C40H49F3N6O5S. The van der Waals surface area contributed by atoms with Gasteiger partial charge in [-0.3, -0.25) is 9.52 Å². The molecule has 1 saturated heterocycles. The summed E-state index contributed by atoms with van der Waals surface area (Å²) >= 11 is 0. The smallest absolute Gasteiger partial charge is 0.397 e. The van der Waals surface area contributed by atoms with E-state index in [0.717, 1.165) is 75.6 Å². The van der Waals surface area contributed by atoms with Crippen LogP contribution in [0.4, 0.5) is 19.0 Å². The van der Waals surface area contributed by atoms with Crippen molar-refractivity contribution in [1.29, 1.82) is 0 Å². The Hall–Kier alpha value is -4.63. The standard InChI is InChI=1S/C40H49F3N6O5S/c1-28-25-31-13-10-15-34(28)55(51,52)47-35-17-16-33(49-22-18-37(46-49)54-27-39(2,3)40(41,42)43)38(45-35)32-14-8-7-12-29(32)11-6-4-5-9-21-48(31)26-36(50)44-30-19-23-53-24-20-30/h7-8,10,12-18,22,30,34H,1,4-6,9,11,19-21,23-27H2,2-3H3,(H,44,50)(H,45,47). The summed E-state index contributed by atoms with van der Waals surface area (Å²) in [7, 11) is -4.10. The number of aromatic nitrogens is 3. The summed E-state index contributed by atoms with van der Waals surface area (Å²) in [6.45, 7) is 7.72. The molecule has 0 saturated carbocycles. The van der Waals surface area contributed by atoms with Gasteiger partial charge in [-0.05, 0) is 75.3 Å². The van der Waals surface area contributed by atoms with Crippen LogP contribution in [0.5, 0.6) is 5.88 Å². The Morgan fingerprint density at radius 3 is 2.62 bits per heavy atom. The normalized spacial score (nSPS) is 20.0. The first-order chi connectivity index (χ1) is 26.2. The largest absolute Gasteiger partial charge is 0.476 e. The number of carbonyl (C=O) groups is 1. The number of hydrogen-bond donors (Lipinski definition) is 2. The molecular weight excluding hydrogens is 734 g/mol. The highest BCUT2D eigenvalue weighted by Crippen LogP contribution is 2.38. The number of benzene rings is 1. The molecule has 1 unspecified atom stereocenters. The minimum Gasteiger partial charge on any atom is -0.476 e. The minimum atomic E-state index is -4.46. The number of carbonyl (C=O) groups excluding carboxylic acids is 1. The molecule has 1 aliphatic carbocycles. The van der Waals surface area contributed by atoms with Gasteiger partial charge in [-0.15, -0.1) is 5.10 Å². The van der Waals surface area contributed by atoms with Crippen molar-refractivity contribution in [3.8, 4) is 22.8 Å². The number of alkyl halides is 3. The SMILES string of the molecule is C=C1CC2=CC=CC1S(=O)(=O)Nc1ccc(-n3ccc(OCC(C)(C)C(F)(F)F)n3)c(n1)-c1ccccc1CCCCCCN2CC(=O)NC1CCOCC1. The van der Waals surface area contributed by atoms with E-state index in [0.29, 0.717) is 36.7 Å². The number of aryl methyl sites for hydroxylation is 1. The summed E-state index contributed by atoms with van der Waals surface area (Å²) in [4.78, 5) is 20.1. The number of anilines is 1. The van der Waals surface area contributed by atoms with Gasteiger partial charge in [0, 0.05) is 55.7 Å². The van der Waals surface area contributed by atoms with Gasteiger partial charge in [0.05, 0.1) is 23.3 Å². The zero-order valence-electron chi connectivity index (χ0n) is 31.3. The molecule has 0 radical (unpaired) electrons. The van der Waals surface area contributed by atoms with E-state index in [1.54, 1.807) is 24.4 Å². The van der Waals surface area contributed by atoms with Crippen molar-refractivity contribution in [2.45, 2.75) is 82.7 Å². The molecule has 6 rings (SSSR count). The van der Waals surface area contributed by atoms with Gasteiger partial charge in [0.15, 0.2) is 0 Å². The molecule has 4 heterocycles. The molecule has 2 N–H and O–H groups in total. The van der Waals surface area contributed by atoms with E-state index >= 15 is 0 Å². The maximum Gasteiger partial charge on any atom is 0.397 e. The lowest BCUT2D eigenvalue weighted by Crippen LogP contribution is -2.44. The van der Waals surface area contributed by atoms with E-state index in [1.165, 1.54) is 16.8 Å². The van der Waals surface area contributed by atoms with Gasteiger partial charge in [-0.2, -0.15) is 13.2 Å². The van der Waals surface area contributed by atoms with Crippen LogP contribution in [0.1, 0.15) is 64.4 Å². The Kier molecular flexibility index (Phi) is 12.4. The Labute approximate surface area is 320 Å². The average Bonchev–Trinajstić information content (AvgIpc) is 3.52. The third-order valence-corrected chi connectivity index (χ3v) is 11.9. The van der Waals surface area contributed by atoms with E-state index in [4.69, 9.17) is 14.5 Å². The summed E-state index contributed by atoms with van der Waals surface area (Å²) < 4.78 is 83.6. The Bertz CT molecular complexity index is 2020. The predicted octanol–water partition coefficient (Wildman–Crippen LogP) is 7.13. The van der Waals surface area contributed by atoms with Gasteiger partial charge in [-0.25, -0.2) is 18.1 Å². The highest BCUT2D eigenvalue weighted by Gasteiger charge is 2.48. The van der Waals surface area contributed by atoms with Crippen molar-refractivity contribution < 1.29 is 35.9 Å². The van der Waals surface area contributed by atoms with Crippen LogP contribution in [0.2, 0.25) is 0 Å². The van der Waals surface area contributed by atoms with E-state index in [1.807, 2.05) is 35.2 Å². The molecule has 3 aliphatic rings. The number of fused-ring (bicyclic) bond motifs is 7. The minimum absolute atomic E-state index is 0.00735. The van der Waals surface area contributed by atoms with Crippen LogP contribution in [-0.2, 0) is 26.0 Å². The topological polar surface area (TPSA) is 128 Å². The number of nitrogens with one attached hydrogen (secondary N) is 2. The van der Waals surface area contributed by atoms with Crippen LogP contribution in [0.3, 0.4) is 0 Å². The lowest BCUT2D eigenvalue weighted by molar-refractivity contribution is -0.219. The molecule has 1 amide bonds. The van der Waals surface area contributed by atoms with Gasteiger partial charge in [0.2, 0.25) is 21.8 Å². The first-order valence-corrected chi connectivity index (χ1v) is 20.3. The third kappa shape index (κ3) is 9.98. The highest BCUT2D eigenvalue weighted by molar-refractivity contribution is 7.93. The Balaban J connectivity index is 1.29. The lowest BCUT2D eigenvalue weighted by Gasteiger charge is -2.30. The first-order valence-electron chi connectivity index (χ1n) is 18.7. The van der Waals surface area contributed by atoms with Crippen LogP contribution >= 0.6 is 0 Å². The van der Waals surface area contributed by atoms with Crippen molar-refractivity contribution in [2.75, 3.05) is 37.6 Å². The molecule has 55 heavy (non-hydrogen) atoms. The number of pyridine rings is 1. The van der Waals surface area contributed by atoms with Gasteiger partial charge < -0.3 is 19.7 Å². The summed E-state index contributed by atoms with van der Waals surface area (Å²) in [5.41, 5.74) is 1.88. The van der Waals surface area contributed by atoms with E-state index < -0.39 is 33.5 Å². The van der Waals surface area contributed by atoms with Gasteiger partial charge in [0.25, 0.3) is 0 Å². The number of rotatable bonds is 7. The maximum absolute atomic E-state index is 14.0. The summed E-state index contributed by atoms with van der Waals surface area (Å²) in [5.74, 6) is 0.00835. The number of nitrogens with zero attached hydrogens (tertiary/aromatic N) is 4. The second-order valence-corrected chi connectivity index (χ2v) is 16.8. The lowest BCUT2D eigenvalue weighted by atomic mass is 9.94. The fourth-order valence-electron chi connectivity index (χ4n) is 6.85. The van der Waals surface area contributed by atoms with E-state index in [-0.39, 0.29) is 36.6 Å². The van der Waals surface area contributed by atoms with Crippen LogP contribution in [0, 0.1) is 5.41 Å². The molecule has 296 valence electrons. The zero-order valence-corrected chi connectivity index (χ0v) is 32.1. The van der Waals surface area contributed by atoms with Crippen molar-refractivity contribution in [3.05, 3.63) is 90.3 Å². The molecule has 2 aromatic heterocycles. The van der Waals surface area contributed by atoms with Crippen molar-refractivity contribution >= 4 is 21.7 Å². The number of hydrogen-bond acceptors (Lipinski definition) is 8. The summed E-state index contributed by atoms with van der Waals surface area (Å²) in [5, 5.41) is 6.49. The molecule has 15 heteroatoms. The first kappa shape index (κ1) is 40.0. The molecule has 3 aromatic rings. The number of allylic oxidation sites excluding steroid dienone is 3. The number of sulfonamides is 1. The number of ether oxygens (including phenoxy) is 2. The molecule has 4 bridgehead atoms. The molecule has 1 fully saturated rings. The number of halogens is 3. The van der Waals surface area contributed by atoms with Crippen molar-refractivity contribution in [1.82, 2.24) is 25.0 Å². The molecule has 2 aliphatic heterocycles. The van der Waals surface area contributed by atoms with Crippen LogP contribution < -0.4 is 14.8 Å². The zero-order chi connectivity index (χ0) is 39.2. The fraction of sp³-hybridized carbons (Fsp3) is 0.475. The molecule has 1 atom stereocenters.